The smallest absolute Gasteiger partial charge is 0.310 e. The number of hydrogen-bond acceptors (Lipinski definition) is 2. The van der Waals surface area contributed by atoms with Crippen LogP contribution in [-0.2, 0) is 4.79 Å². The predicted octanol–water partition coefficient (Wildman–Crippen LogP) is 2.90. The normalized spacial score (nSPS) is 9.77. The Kier molecular flexibility index (Phi) is 3.42. The van der Waals surface area contributed by atoms with Gasteiger partial charge in [-0.05, 0) is 34.1 Å². The molecule has 0 spiro atoms. The fourth-order valence-electron chi connectivity index (χ4n) is 0.744. The maximum atomic E-state index is 12.7. The Morgan fingerprint density at radius 1 is 1.62 bits per heavy atom. The molecule has 0 amide bonds. The van der Waals surface area contributed by atoms with Crippen LogP contribution >= 0.6 is 15.9 Å². The molecule has 2 nitrogen and oxygen atoms in total. The quantitative estimate of drug-likeness (QED) is 0.593. The van der Waals surface area contributed by atoms with Crippen molar-refractivity contribution in [3.8, 4) is 5.75 Å². The Morgan fingerprint density at radius 3 is 2.85 bits per heavy atom. The molecule has 0 aliphatic rings. The van der Waals surface area contributed by atoms with Gasteiger partial charge in [0.25, 0.3) is 0 Å². The van der Waals surface area contributed by atoms with E-state index < -0.39 is 0 Å². The lowest BCUT2D eigenvalue weighted by Crippen LogP contribution is -2.05. The van der Waals surface area contributed by atoms with E-state index in [1.807, 2.05) is 0 Å². The van der Waals surface area contributed by atoms with Crippen molar-refractivity contribution >= 4 is 21.9 Å². The minimum absolute atomic E-state index is 0.286. The molecule has 1 rings (SSSR count). The minimum Gasteiger partial charge on any atom is -0.426 e. The summed E-state index contributed by atoms with van der Waals surface area (Å²) in [4.78, 5) is 10.8. The van der Waals surface area contributed by atoms with Crippen LogP contribution < -0.4 is 4.74 Å². The summed E-state index contributed by atoms with van der Waals surface area (Å²) < 4.78 is 17.9. The number of carbonyl (C=O) groups is 1. The third-order valence-electron chi connectivity index (χ3n) is 1.41. The first-order valence-electron chi connectivity index (χ1n) is 3.79. The summed E-state index contributed by atoms with van der Waals surface area (Å²) in [6.07, 6.45) is 0.301. The molecule has 1 aromatic rings. The number of rotatable bonds is 2. The predicted molar refractivity (Wildman–Crippen MR) is 50.0 cm³/mol. The molecular formula is C9H8BrFO2. The number of ether oxygens (including phenoxy) is 1. The van der Waals surface area contributed by atoms with Crippen LogP contribution in [0.4, 0.5) is 4.39 Å². The third kappa shape index (κ3) is 2.81. The Morgan fingerprint density at radius 2 is 2.31 bits per heavy atom. The molecule has 0 atom stereocenters. The highest BCUT2D eigenvalue weighted by atomic mass is 79.9. The van der Waals surface area contributed by atoms with Crippen LogP contribution in [0.15, 0.2) is 22.7 Å². The zero-order valence-electron chi connectivity index (χ0n) is 7.01. The number of halogens is 2. The minimum atomic E-state index is -0.378. The van der Waals surface area contributed by atoms with Crippen LogP contribution in [0.25, 0.3) is 0 Å². The lowest BCUT2D eigenvalue weighted by Gasteiger charge is -2.02. The molecule has 0 bridgehead atoms. The molecule has 0 aliphatic carbocycles. The molecule has 0 fully saturated rings. The fourth-order valence-corrected chi connectivity index (χ4v) is 1.10. The number of hydrogen-bond donors (Lipinski definition) is 0. The Balaban J connectivity index is 2.79. The molecule has 4 heteroatoms. The van der Waals surface area contributed by atoms with Gasteiger partial charge in [0.1, 0.15) is 11.6 Å². The van der Waals surface area contributed by atoms with Gasteiger partial charge in [-0.1, -0.05) is 6.92 Å². The maximum Gasteiger partial charge on any atom is 0.310 e. The van der Waals surface area contributed by atoms with Crippen LogP contribution in [0.3, 0.4) is 0 Å². The van der Waals surface area contributed by atoms with E-state index in [2.05, 4.69) is 15.9 Å². The summed E-state index contributed by atoms with van der Waals surface area (Å²) >= 11 is 2.99. The van der Waals surface area contributed by atoms with Gasteiger partial charge in [0.15, 0.2) is 0 Å². The monoisotopic (exact) mass is 246 g/mol. The van der Waals surface area contributed by atoms with Gasteiger partial charge in [0.2, 0.25) is 0 Å². The van der Waals surface area contributed by atoms with E-state index >= 15 is 0 Å². The molecule has 70 valence electrons. The molecular weight excluding hydrogens is 239 g/mol. The van der Waals surface area contributed by atoms with Gasteiger partial charge in [-0.25, -0.2) is 4.39 Å². The molecule has 0 saturated carbocycles. The Bertz CT molecular complexity index is 325. The van der Waals surface area contributed by atoms with E-state index in [-0.39, 0.29) is 16.3 Å². The van der Waals surface area contributed by atoms with E-state index in [0.717, 1.165) is 0 Å². The van der Waals surface area contributed by atoms with Crippen LogP contribution in [0.1, 0.15) is 13.3 Å². The highest BCUT2D eigenvalue weighted by Crippen LogP contribution is 2.21. The SMILES string of the molecule is CCC(=O)Oc1ccc(F)c(Br)c1. The summed E-state index contributed by atoms with van der Waals surface area (Å²) in [5, 5.41) is 0. The molecule has 0 N–H and O–H groups in total. The van der Waals surface area contributed by atoms with Gasteiger partial charge in [-0.2, -0.15) is 0 Å². The van der Waals surface area contributed by atoms with Crippen LogP contribution in [-0.4, -0.2) is 5.97 Å². The highest BCUT2D eigenvalue weighted by Gasteiger charge is 2.04. The van der Waals surface area contributed by atoms with Crippen molar-refractivity contribution in [2.45, 2.75) is 13.3 Å². The topological polar surface area (TPSA) is 26.3 Å². The molecule has 0 heterocycles. The van der Waals surface area contributed by atoms with Gasteiger partial charge >= 0.3 is 5.97 Å². The summed E-state index contributed by atoms with van der Waals surface area (Å²) in [6.45, 7) is 1.70. The zero-order valence-corrected chi connectivity index (χ0v) is 8.60. The average Bonchev–Trinajstić information content (AvgIpc) is 2.11. The van der Waals surface area contributed by atoms with Crippen molar-refractivity contribution < 1.29 is 13.9 Å². The molecule has 0 radical (unpaired) electrons. The summed E-state index contributed by atoms with van der Waals surface area (Å²) in [6, 6.07) is 4.07. The second kappa shape index (κ2) is 4.37. The van der Waals surface area contributed by atoms with Gasteiger partial charge in [0.05, 0.1) is 4.47 Å². The molecule has 1 aromatic carbocycles. The van der Waals surface area contributed by atoms with Crippen LogP contribution in [0.5, 0.6) is 5.75 Å². The van der Waals surface area contributed by atoms with Crippen molar-refractivity contribution in [1.82, 2.24) is 0 Å². The molecule has 13 heavy (non-hydrogen) atoms. The van der Waals surface area contributed by atoms with Crippen molar-refractivity contribution in [2.24, 2.45) is 0 Å². The molecule has 0 unspecified atom stereocenters. The van der Waals surface area contributed by atoms with E-state index in [1.54, 1.807) is 6.92 Å². The van der Waals surface area contributed by atoms with E-state index in [0.29, 0.717) is 12.2 Å². The zero-order chi connectivity index (χ0) is 9.84. The number of benzene rings is 1. The molecule has 0 saturated heterocycles. The van der Waals surface area contributed by atoms with Crippen LogP contribution in [0, 0.1) is 5.82 Å². The van der Waals surface area contributed by atoms with Gasteiger partial charge in [0, 0.05) is 6.42 Å². The second-order valence-corrected chi connectivity index (χ2v) is 3.26. The van der Waals surface area contributed by atoms with E-state index in [1.165, 1.54) is 18.2 Å². The molecule has 0 aliphatic heterocycles. The summed E-state index contributed by atoms with van der Waals surface area (Å²) in [5.41, 5.74) is 0. The second-order valence-electron chi connectivity index (χ2n) is 2.40. The standard InChI is InChI=1S/C9H8BrFO2/c1-2-9(12)13-6-3-4-8(11)7(10)5-6/h3-5H,2H2,1H3. The fraction of sp³-hybridized carbons (Fsp3) is 0.222. The first kappa shape index (κ1) is 10.2. The van der Waals surface area contributed by atoms with Gasteiger partial charge in [-0.15, -0.1) is 0 Å². The summed E-state index contributed by atoms with van der Waals surface area (Å²) in [5.74, 6) is -0.366. The summed E-state index contributed by atoms with van der Waals surface area (Å²) in [7, 11) is 0. The van der Waals surface area contributed by atoms with Gasteiger partial charge in [-0.3, -0.25) is 4.79 Å². The maximum absolute atomic E-state index is 12.7. The third-order valence-corrected chi connectivity index (χ3v) is 2.02. The van der Waals surface area contributed by atoms with Crippen molar-refractivity contribution in [3.05, 3.63) is 28.5 Å². The lowest BCUT2D eigenvalue weighted by molar-refractivity contribution is -0.134. The largest absolute Gasteiger partial charge is 0.426 e. The van der Waals surface area contributed by atoms with E-state index in [9.17, 15) is 9.18 Å². The average molecular weight is 247 g/mol. The first-order valence-corrected chi connectivity index (χ1v) is 4.58. The first-order chi connectivity index (χ1) is 6.13. The lowest BCUT2D eigenvalue weighted by atomic mass is 10.3. The highest BCUT2D eigenvalue weighted by molar-refractivity contribution is 9.10. The van der Waals surface area contributed by atoms with Crippen molar-refractivity contribution in [3.63, 3.8) is 0 Å². The van der Waals surface area contributed by atoms with Gasteiger partial charge < -0.3 is 4.74 Å². The number of esters is 1. The van der Waals surface area contributed by atoms with Crippen molar-refractivity contribution in [2.75, 3.05) is 0 Å². The van der Waals surface area contributed by atoms with Crippen LogP contribution in [0.2, 0.25) is 0 Å². The van der Waals surface area contributed by atoms with Crippen molar-refractivity contribution in [1.29, 1.82) is 0 Å². The number of carbonyl (C=O) groups excluding carboxylic acids is 1. The Labute approximate surface area is 83.8 Å². The molecule has 0 aromatic heterocycles. The Hall–Kier alpha value is -0.900. The van der Waals surface area contributed by atoms with E-state index in [4.69, 9.17) is 4.74 Å².